The number of benzene rings is 1. The molecule has 3 N–H and O–H groups in total. The van der Waals surface area contributed by atoms with Gasteiger partial charge in [0.2, 0.25) is 0 Å². The summed E-state index contributed by atoms with van der Waals surface area (Å²) < 4.78 is 5.60. The second kappa shape index (κ2) is 4.11. The molecule has 0 radical (unpaired) electrons. The fourth-order valence-corrected chi connectivity index (χ4v) is 1.65. The molecule has 1 saturated carbocycles. The second-order valence-corrected chi connectivity index (χ2v) is 4.19. The zero-order valence-corrected chi connectivity index (χ0v) is 9.05. The molecule has 80 valence electrons. The molecule has 4 heteroatoms. The summed E-state index contributed by atoms with van der Waals surface area (Å²) in [5, 5.41) is 7.90. The monoisotopic (exact) mass is 224 g/mol. The zero-order chi connectivity index (χ0) is 10.8. The molecule has 0 unspecified atom stereocenters. The Kier molecular flexibility index (Phi) is 2.82. The van der Waals surface area contributed by atoms with E-state index < -0.39 is 0 Å². The van der Waals surface area contributed by atoms with E-state index in [0.29, 0.717) is 28.9 Å². The predicted molar refractivity (Wildman–Crippen MR) is 60.7 cm³/mol. The highest BCUT2D eigenvalue weighted by Crippen LogP contribution is 2.31. The highest BCUT2D eigenvalue weighted by Gasteiger charge is 2.22. The van der Waals surface area contributed by atoms with Crippen LogP contribution in [0, 0.1) is 11.3 Å². The normalized spacial score (nSPS) is 15.0. The molecule has 1 aromatic carbocycles. The van der Waals surface area contributed by atoms with Crippen LogP contribution in [0.2, 0.25) is 5.02 Å². The van der Waals surface area contributed by atoms with Gasteiger partial charge in [0.15, 0.2) is 0 Å². The third-order valence-electron chi connectivity index (χ3n) is 2.42. The summed E-state index contributed by atoms with van der Waals surface area (Å²) in [7, 11) is 0. The zero-order valence-electron chi connectivity index (χ0n) is 8.29. The second-order valence-electron chi connectivity index (χ2n) is 3.78. The van der Waals surface area contributed by atoms with E-state index in [9.17, 15) is 0 Å². The van der Waals surface area contributed by atoms with Crippen LogP contribution in [0.1, 0.15) is 18.4 Å². The van der Waals surface area contributed by atoms with Crippen LogP contribution in [0.4, 0.5) is 0 Å². The number of amidine groups is 1. The summed E-state index contributed by atoms with van der Waals surface area (Å²) >= 11 is 5.95. The van der Waals surface area contributed by atoms with Crippen molar-refractivity contribution in [1.82, 2.24) is 0 Å². The summed E-state index contributed by atoms with van der Waals surface area (Å²) in [4.78, 5) is 0. The first kappa shape index (κ1) is 10.3. The molecule has 0 atom stereocenters. The van der Waals surface area contributed by atoms with Crippen LogP contribution in [0.3, 0.4) is 0 Å². The van der Waals surface area contributed by atoms with Gasteiger partial charge in [0.25, 0.3) is 0 Å². The molecular formula is C11H13ClN2O. The Hall–Kier alpha value is -1.22. The molecule has 0 spiro atoms. The van der Waals surface area contributed by atoms with Gasteiger partial charge in [-0.2, -0.15) is 0 Å². The van der Waals surface area contributed by atoms with Crippen LogP contribution >= 0.6 is 11.6 Å². The van der Waals surface area contributed by atoms with Crippen molar-refractivity contribution < 1.29 is 4.74 Å². The number of nitrogen functional groups attached to an aromatic ring is 1. The summed E-state index contributed by atoms with van der Waals surface area (Å²) in [5.41, 5.74) is 5.96. The minimum Gasteiger partial charge on any atom is -0.492 e. The first-order valence-corrected chi connectivity index (χ1v) is 5.32. The minimum absolute atomic E-state index is 0.0496. The van der Waals surface area contributed by atoms with Gasteiger partial charge in [-0.15, -0.1) is 0 Å². The smallest absolute Gasteiger partial charge is 0.131 e. The lowest BCUT2D eigenvalue weighted by Gasteiger charge is -2.11. The lowest BCUT2D eigenvalue weighted by Crippen LogP contribution is -2.14. The van der Waals surface area contributed by atoms with E-state index >= 15 is 0 Å². The van der Waals surface area contributed by atoms with Crippen molar-refractivity contribution in [2.24, 2.45) is 11.7 Å². The van der Waals surface area contributed by atoms with Gasteiger partial charge < -0.3 is 10.5 Å². The van der Waals surface area contributed by atoms with Crippen LogP contribution in [0.25, 0.3) is 0 Å². The standard InChI is InChI=1S/C11H13ClN2O/c12-8-2-1-3-9(10(8)11(13)14)15-6-7-4-5-7/h1-3,7H,4-6H2,(H3,13,14). The third-order valence-corrected chi connectivity index (χ3v) is 2.73. The molecule has 1 aromatic rings. The maximum absolute atomic E-state index is 7.43. The van der Waals surface area contributed by atoms with Crippen molar-refractivity contribution in [3.8, 4) is 5.75 Å². The Morgan fingerprint density at radius 3 is 2.87 bits per heavy atom. The van der Waals surface area contributed by atoms with Crippen LogP contribution < -0.4 is 10.5 Å². The van der Waals surface area contributed by atoms with Crippen molar-refractivity contribution in [3.05, 3.63) is 28.8 Å². The molecule has 0 heterocycles. The molecular weight excluding hydrogens is 212 g/mol. The topological polar surface area (TPSA) is 59.1 Å². The number of rotatable bonds is 4. The summed E-state index contributed by atoms with van der Waals surface area (Å²) in [6.07, 6.45) is 2.46. The van der Waals surface area contributed by atoms with Gasteiger partial charge in [-0.05, 0) is 30.9 Å². The van der Waals surface area contributed by atoms with Gasteiger partial charge >= 0.3 is 0 Å². The quantitative estimate of drug-likeness (QED) is 0.610. The average molecular weight is 225 g/mol. The van der Waals surface area contributed by atoms with Gasteiger partial charge in [-0.1, -0.05) is 17.7 Å². The molecule has 0 saturated heterocycles. The molecule has 0 aliphatic heterocycles. The van der Waals surface area contributed by atoms with E-state index in [2.05, 4.69) is 0 Å². The van der Waals surface area contributed by atoms with Crippen molar-refractivity contribution >= 4 is 17.4 Å². The number of hydrogen-bond acceptors (Lipinski definition) is 2. The number of halogens is 1. The Labute approximate surface area is 93.7 Å². The van der Waals surface area contributed by atoms with E-state index in [1.54, 1.807) is 18.2 Å². The summed E-state index contributed by atoms with van der Waals surface area (Å²) in [5.74, 6) is 1.23. The Morgan fingerprint density at radius 1 is 1.53 bits per heavy atom. The Bertz CT molecular complexity index is 388. The lowest BCUT2D eigenvalue weighted by molar-refractivity contribution is 0.299. The maximum Gasteiger partial charge on any atom is 0.131 e. The third kappa shape index (κ3) is 2.42. The number of nitrogens with two attached hydrogens (primary N) is 1. The van der Waals surface area contributed by atoms with Crippen LogP contribution in [-0.4, -0.2) is 12.4 Å². The fourth-order valence-electron chi connectivity index (χ4n) is 1.38. The molecule has 15 heavy (non-hydrogen) atoms. The van der Waals surface area contributed by atoms with E-state index in [0.717, 1.165) is 0 Å². The van der Waals surface area contributed by atoms with Crippen LogP contribution in [-0.2, 0) is 0 Å². The van der Waals surface area contributed by atoms with Crippen molar-refractivity contribution in [2.45, 2.75) is 12.8 Å². The predicted octanol–water partition coefficient (Wildman–Crippen LogP) is 2.41. The highest BCUT2D eigenvalue weighted by atomic mass is 35.5. The van der Waals surface area contributed by atoms with Gasteiger partial charge in [0.05, 0.1) is 17.2 Å². The SMILES string of the molecule is N=C(N)c1c(Cl)cccc1OCC1CC1. The fraction of sp³-hybridized carbons (Fsp3) is 0.364. The van der Waals surface area contributed by atoms with Crippen molar-refractivity contribution in [2.75, 3.05) is 6.61 Å². The van der Waals surface area contributed by atoms with E-state index in [-0.39, 0.29) is 5.84 Å². The van der Waals surface area contributed by atoms with E-state index in [4.69, 9.17) is 27.5 Å². The highest BCUT2D eigenvalue weighted by molar-refractivity contribution is 6.34. The summed E-state index contributed by atoms with van der Waals surface area (Å²) in [6.45, 7) is 0.695. The molecule has 2 rings (SSSR count). The summed E-state index contributed by atoms with van der Waals surface area (Å²) in [6, 6.07) is 5.31. The van der Waals surface area contributed by atoms with E-state index in [1.807, 2.05) is 0 Å². The average Bonchev–Trinajstić information content (AvgIpc) is 2.97. The molecule has 3 nitrogen and oxygen atoms in total. The molecule has 1 fully saturated rings. The molecule has 1 aliphatic rings. The Morgan fingerprint density at radius 2 is 2.27 bits per heavy atom. The molecule has 0 aromatic heterocycles. The molecule has 0 bridgehead atoms. The minimum atomic E-state index is -0.0496. The number of hydrogen-bond donors (Lipinski definition) is 2. The van der Waals surface area contributed by atoms with Crippen molar-refractivity contribution in [3.63, 3.8) is 0 Å². The first-order valence-electron chi connectivity index (χ1n) is 4.94. The van der Waals surface area contributed by atoms with Gasteiger partial charge in [-0.25, -0.2) is 0 Å². The Balaban J connectivity index is 2.19. The lowest BCUT2D eigenvalue weighted by atomic mass is 10.2. The van der Waals surface area contributed by atoms with Crippen molar-refractivity contribution in [1.29, 1.82) is 5.41 Å². The number of ether oxygens (including phenoxy) is 1. The van der Waals surface area contributed by atoms with Gasteiger partial charge in [0, 0.05) is 0 Å². The van der Waals surface area contributed by atoms with E-state index in [1.165, 1.54) is 12.8 Å². The van der Waals surface area contributed by atoms with Gasteiger partial charge in [-0.3, -0.25) is 5.41 Å². The van der Waals surface area contributed by atoms with Gasteiger partial charge in [0.1, 0.15) is 11.6 Å². The number of nitrogens with one attached hydrogen (secondary N) is 1. The van der Waals surface area contributed by atoms with Crippen LogP contribution in [0.5, 0.6) is 5.75 Å². The first-order chi connectivity index (χ1) is 7.18. The largest absolute Gasteiger partial charge is 0.492 e. The molecule has 0 amide bonds. The van der Waals surface area contributed by atoms with Crippen LogP contribution in [0.15, 0.2) is 18.2 Å². The molecule has 1 aliphatic carbocycles. The maximum atomic E-state index is 7.43.